The molecule has 0 saturated carbocycles. The normalized spacial score (nSPS) is 11.1. The van der Waals surface area contributed by atoms with Gasteiger partial charge in [0.2, 0.25) is 0 Å². The third kappa shape index (κ3) is 6.35. The molecule has 2 aromatic carbocycles. The van der Waals surface area contributed by atoms with E-state index in [1.807, 2.05) is 0 Å². The second-order valence-corrected chi connectivity index (χ2v) is 5.11. The van der Waals surface area contributed by atoms with Gasteiger partial charge < -0.3 is 15.4 Å². The van der Waals surface area contributed by atoms with Crippen molar-refractivity contribution < 1.29 is 4.74 Å². The van der Waals surface area contributed by atoms with Crippen LogP contribution in [0.3, 0.4) is 0 Å². The number of fused-ring (bicyclic) bond motifs is 1. The molecule has 2 N–H and O–H groups in total. The average molecular weight is 427 g/mol. The van der Waals surface area contributed by atoms with Gasteiger partial charge in [-0.25, -0.2) is 4.99 Å². The molecule has 23 heavy (non-hydrogen) atoms. The molecule has 0 aromatic heterocycles. The van der Waals surface area contributed by atoms with Crippen LogP contribution in [0.5, 0.6) is 0 Å². The predicted octanol–water partition coefficient (Wildman–Crippen LogP) is 3.55. The highest BCUT2D eigenvalue weighted by molar-refractivity contribution is 14.0. The Morgan fingerprint density at radius 3 is 2.65 bits per heavy atom. The van der Waals surface area contributed by atoms with Gasteiger partial charge in [0.1, 0.15) is 0 Å². The number of nitrogens with one attached hydrogen (secondary N) is 2. The van der Waals surface area contributed by atoms with Gasteiger partial charge in [0.05, 0.1) is 6.54 Å². The zero-order valence-corrected chi connectivity index (χ0v) is 16.2. The second kappa shape index (κ2) is 11.2. The molecule has 5 heteroatoms. The van der Waals surface area contributed by atoms with Gasteiger partial charge in [-0.05, 0) is 29.7 Å². The van der Waals surface area contributed by atoms with Crippen LogP contribution in [0.15, 0.2) is 47.5 Å². The number of halogens is 1. The SMILES string of the molecule is CCNC(=NCc1cccc2ccccc12)NCCCOC.I. The Labute approximate surface area is 155 Å². The molecule has 0 bridgehead atoms. The Hall–Kier alpha value is -1.34. The number of guanidine groups is 1. The monoisotopic (exact) mass is 427 g/mol. The van der Waals surface area contributed by atoms with E-state index < -0.39 is 0 Å². The Kier molecular flexibility index (Phi) is 9.63. The van der Waals surface area contributed by atoms with E-state index in [0.29, 0.717) is 6.54 Å². The van der Waals surface area contributed by atoms with Crippen molar-refractivity contribution in [3.05, 3.63) is 48.0 Å². The molecule has 0 aliphatic rings. The van der Waals surface area contributed by atoms with Gasteiger partial charge in [-0.15, -0.1) is 24.0 Å². The van der Waals surface area contributed by atoms with Crippen LogP contribution in [0, 0.1) is 0 Å². The van der Waals surface area contributed by atoms with Crippen LogP contribution in [0.4, 0.5) is 0 Å². The van der Waals surface area contributed by atoms with Gasteiger partial charge >= 0.3 is 0 Å². The summed E-state index contributed by atoms with van der Waals surface area (Å²) in [6, 6.07) is 14.8. The van der Waals surface area contributed by atoms with Crippen molar-refractivity contribution >= 4 is 40.7 Å². The molecule has 0 fully saturated rings. The highest BCUT2D eigenvalue weighted by Crippen LogP contribution is 2.18. The number of rotatable bonds is 7. The minimum absolute atomic E-state index is 0. The lowest BCUT2D eigenvalue weighted by atomic mass is 10.1. The maximum absolute atomic E-state index is 5.06. The van der Waals surface area contributed by atoms with Crippen molar-refractivity contribution in [2.75, 3.05) is 26.8 Å². The molecule has 2 rings (SSSR count). The maximum Gasteiger partial charge on any atom is 0.191 e. The Morgan fingerprint density at radius 1 is 1.09 bits per heavy atom. The number of hydrogen-bond donors (Lipinski definition) is 2. The topological polar surface area (TPSA) is 45.7 Å². The first-order valence-electron chi connectivity index (χ1n) is 7.83. The quantitative estimate of drug-likeness (QED) is 0.308. The summed E-state index contributed by atoms with van der Waals surface area (Å²) in [5, 5.41) is 9.13. The van der Waals surface area contributed by atoms with Crippen molar-refractivity contribution in [1.82, 2.24) is 10.6 Å². The lowest BCUT2D eigenvalue weighted by molar-refractivity contribution is 0.195. The number of aliphatic imine (C=N–C) groups is 1. The summed E-state index contributed by atoms with van der Waals surface area (Å²) in [6.45, 7) is 5.21. The number of methoxy groups -OCH3 is 1. The molecule has 0 aliphatic heterocycles. The smallest absolute Gasteiger partial charge is 0.191 e. The van der Waals surface area contributed by atoms with Crippen molar-refractivity contribution in [2.24, 2.45) is 4.99 Å². The van der Waals surface area contributed by atoms with E-state index in [1.165, 1.54) is 16.3 Å². The first kappa shape index (κ1) is 19.7. The minimum Gasteiger partial charge on any atom is -0.385 e. The molecule has 0 heterocycles. The molecule has 0 spiro atoms. The first-order chi connectivity index (χ1) is 10.8. The van der Waals surface area contributed by atoms with Crippen LogP contribution in [0.1, 0.15) is 18.9 Å². The third-order valence-corrected chi connectivity index (χ3v) is 3.45. The van der Waals surface area contributed by atoms with Gasteiger partial charge in [-0.1, -0.05) is 42.5 Å². The Bertz CT molecular complexity index is 611. The van der Waals surface area contributed by atoms with Crippen LogP contribution < -0.4 is 10.6 Å². The van der Waals surface area contributed by atoms with Crippen LogP contribution >= 0.6 is 24.0 Å². The van der Waals surface area contributed by atoms with Crippen molar-refractivity contribution in [3.8, 4) is 0 Å². The summed E-state index contributed by atoms with van der Waals surface area (Å²) in [5.74, 6) is 0.853. The standard InChI is InChI=1S/C18H25N3O.HI/c1-3-19-18(20-12-7-13-22-2)21-14-16-10-6-9-15-8-4-5-11-17(15)16;/h4-6,8-11H,3,7,12-14H2,1-2H3,(H2,19,20,21);1H. The van der Waals surface area contributed by atoms with Gasteiger partial charge in [0, 0.05) is 26.8 Å². The lowest BCUT2D eigenvalue weighted by Gasteiger charge is -2.11. The largest absolute Gasteiger partial charge is 0.385 e. The molecular weight excluding hydrogens is 401 g/mol. The fourth-order valence-electron chi connectivity index (χ4n) is 2.36. The summed E-state index contributed by atoms with van der Waals surface area (Å²) < 4.78 is 5.06. The zero-order valence-electron chi connectivity index (χ0n) is 13.8. The Balaban J connectivity index is 0.00000264. The average Bonchev–Trinajstić information content (AvgIpc) is 2.56. The summed E-state index contributed by atoms with van der Waals surface area (Å²) in [5.41, 5.74) is 1.24. The first-order valence-corrected chi connectivity index (χ1v) is 7.83. The van der Waals surface area contributed by atoms with E-state index in [-0.39, 0.29) is 24.0 Å². The summed E-state index contributed by atoms with van der Waals surface area (Å²) in [6.07, 6.45) is 0.967. The van der Waals surface area contributed by atoms with Crippen molar-refractivity contribution in [3.63, 3.8) is 0 Å². The number of hydrogen-bond acceptors (Lipinski definition) is 2. The summed E-state index contributed by atoms with van der Waals surface area (Å²) in [7, 11) is 1.72. The Morgan fingerprint density at radius 2 is 1.87 bits per heavy atom. The predicted molar refractivity (Wildman–Crippen MR) is 109 cm³/mol. The molecule has 126 valence electrons. The lowest BCUT2D eigenvalue weighted by Crippen LogP contribution is -2.38. The third-order valence-electron chi connectivity index (χ3n) is 3.45. The number of ether oxygens (including phenoxy) is 1. The highest BCUT2D eigenvalue weighted by Gasteiger charge is 2.01. The molecule has 0 atom stereocenters. The fraction of sp³-hybridized carbons (Fsp3) is 0.389. The van der Waals surface area contributed by atoms with Crippen LogP contribution in [0.25, 0.3) is 10.8 Å². The van der Waals surface area contributed by atoms with E-state index in [9.17, 15) is 0 Å². The van der Waals surface area contributed by atoms with Gasteiger partial charge in [-0.3, -0.25) is 0 Å². The summed E-state index contributed by atoms with van der Waals surface area (Å²) >= 11 is 0. The fourth-order valence-corrected chi connectivity index (χ4v) is 2.36. The van der Waals surface area contributed by atoms with E-state index >= 15 is 0 Å². The zero-order chi connectivity index (χ0) is 15.6. The molecule has 0 amide bonds. The molecule has 0 saturated heterocycles. The number of benzene rings is 2. The van der Waals surface area contributed by atoms with Crippen molar-refractivity contribution in [1.29, 1.82) is 0 Å². The van der Waals surface area contributed by atoms with Crippen molar-refractivity contribution in [2.45, 2.75) is 19.9 Å². The van der Waals surface area contributed by atoms with Gasteiger partial charge in [-0.2, -0.15) is 0 Å². The van der Waals surface area contributed by atoms with Crippen LogP contribution in [0.2, 0.25) is 0 Å². The van der Waals surface area contributed by atoms with Gasteiger partial charge in [0.25, 0.3) is 0 Å². The molecule has 0 unspecified atom stereocenters. The van der Waals surface area contributed by atoms with E-state index in [4.69, 9.17) is 4.74 Å². The maximum atomic E-state index is 5.06. The summed E-state index contributed by atoms with van der Waals surface area (Å²) in [4.78, 5) is 4.69. The molecule has 0 radical (unpaired) electrons. The van der Waals surface area contributed by atoms with Crippen LogP contribution in [-0.2, 0) is 11.3 Å². The number of nitrogens with zero attached hydrogens (tertiary/aromatic N) is 1. The van der Waals surface area contributed by atoms with Gasteiger partial charge in [0.15, 0.2) is 5.96 Å². The minimum atomic E-state index is 0. The molecule has 2 aromatic rings. The van der Waals surface area contributed by atoms with E-state index in [0.717, 1.165) is 32.1 Å². The molecule has 0 aliphatic carbocycles. The van der Waals surface area contributed by atoms with E-state index in [2.05, 4.69) is 65.0 Å². The van der Waals surface area contributed by atoms with E-state index in [1.54, 1.807) is 7.11 Å². The highest BCUT2D eigenvalue weighted by atomic mass is 127. The molecular formula is C18H26IN3O. The second-order valence-electron chi connectivity index (χ2n) is 5.11. The molecule has 4 nitrogen and oxygen atoms in total. The van der Waals surface area contributed by atoms with Crippen LogP contribution in [-0.4, -0.2) is 32.8 Å².